The number of nitrogens with one attached hydrogen (secondary N) is 1. The van der Waals surface area contributed by atoms with Gasteiger partial charge in [0.05, 0.1) is 0 Å². The van der Waals surface area contributed by atoms with Crippen molar-refractivity contribution in [1.29, 1.82) is 5.41 Å². The number of hydrogen-bond acceptors (Lipinski definition) is 3. The van der Waals surface area contributed by atoms with E-state index in [1.807, 2.05) is 30.3 Å². The van der Waals surface area contributed by atoms with E-state index in [-0.39, 0.29) is 5.84 Å². The Labute approximate surface area is 119 Å². The van der Waals surface area contributed by atoms with Crippen LogP contribution in [-0.2, 0) is 6.54 Å². The van der Waals surface area contributed by atoms with Crippen molar-refractivity contribution < 1.29 is 0 Å². The summed E-state index contributed by atoms with van der Waals surface area (Å²) in [5.41, 5.74) is 7.35. The maximum Gasteiger partial charge on any atom is 0.129 e. The fourth-order valence-electron chi connectivity index (χ4n) is 2.02. The van der Waals surface area contributed by atoms with Crippen molar-refractivity contribution >= 4 is 11.7 Å². The second kappa shape index (κ2) is 6.19. The van der Waals surface area contributed by atoms with E-state index < -0.39 is 0 Å². The van der Waals surface area contributed by atoms with Gasteiger partial charge in [0, 0.05) is 24.3 Å². The third-order valence-electron chi connectivity index (χ3n) is 3.17. The van der Waals surface area contributed by atoms with E-state index in [0.29, 0.717) is 11.6 Å². The Kier molecular flexibility index (Phi) is 4.35. The summed E-state index contributed by atoms with van der Waals surface area (Å²) < 4.78 is 0. The molecule has 3 N–H and O–H groups in total. The number of aromatic nitrogens is 1. The largest absolute Gasteiger partial charge is 0.384 e. The molecule has 0 aliphatic carbocycles. The first kappa shape index (κ1) is 14.1. The molecular weight excluding hydrogens is 248 g/mol. The van der Waals surface area contributed by atoms with Crippen LogP contribution in [0.2, 0.25) is 0 Å². The Morgan fingerprint density at radius 1 is 1.20 bits per heavy atom. The fraction of sp³-hybridized carbons (Fsp3) is 0.250. The second-order valence-corrected chi connectivity index (χ2v) is 5.03. The van der Waals surface area contributed by atoms with Crippen LogP contribution in [0.25, 0.3) is 0 Å². The van der Waals surface area contributed by atoms with Crippen molar-refractivity contribution in [2.45, 2.75) is 26.4 Å². The molecule has 0 radical (unpaired) electrons. The van der Waals surface area contributed by atoms with Crippen molar-refractivity contribution in [3.05, 3.63) is 59.8 Å². The summed E-state index contributed by atoms with van der Waals surface area (Å²) >= 11 is 0. The van der Waals surface area contributed by atoms with E-state index in [9.17, 15) is 0 Å². The van der Waals surface area contributed by atoms with E-state index in [4.69, 9.17) is 11.1 Å². The molecule has 2 rings (SSSR count). The smallest absolute Gasteiger partial charge is 0.129 e. The zero-order chi connectivity index (χ0) is 14.5. The van der Waals surface area contributed by atoms with E-state index in [2.05, 4.69) is 35.9 Å². The molecule has 0 aliphatic rings. The predicted molar refractivity (Wildman–Crippen MR) is 83.0 cm³/mol. The maximum atomic E-state index is 7.40. The van der Waals surface area contributed by atoms with Gasteiger partial charge in [-0.15, -0.1) is 0 Å². The molecule has 0 bridgehead atoms. The highest BCUT2D eigenvalue weighted by atomic mass is 15.2. The minimum atomic E-state index is 0.0446. The molecule has 2 aromatic rings. The first-order valence-corrected chi connectivity index (χ1v) is 6.69. The van der Waals surface area contributed by atoms with Crippen LogP contribution >= 0.6 is 0 Å². The molecule has 0 saturated carbocycles. The number of hydrogen-bond donors (Lipinski definition) is 2. The monoisotopic (exact) mass is 268 g/mol. The molecule has 0 atom stereocenters. The molecule has 0 saturated heterocycles. The van der Waals surface area contributed by atoms with Crippen LogP contribution in [0.4, 0.5) is 5.82 Å². The van der Waals surface area contributed by atoms with E-state index >= 15 is 0 Å². The van der Waals surface area contributed by atoms with Gasteiger partial charge in [0.25, 0.3) is 0 Å². The topological polar surface area (TPSA) is 66.0 Å². The molecule has 1 aromatic heterocycles. The number of amidine groups is 1. The van der Waals surface area contributed by atoms with Crippen molar-refractivity contribution in [2.75, 3.05) is 4.90 Å². The minimum absolute atomic E-state index is 0.0446. The van der Waals surface area contributed by atoms with Gasteiger partial charge in [-0.05, 0) is 31.5 Å². The van der Waals surface area contributed by atoms with Crippen LogP contribution in [-0.4, -0.2) is 16.9 Å². The van der Waals surface area contributed by atoms with Crippen molar-refractivity contribution in [3.8, 4) is 0 Å². The van der Waals surface area contributed by atoms with Crippen molar-refractivity contribution in [3.63, 3.8) is 0 Å². The molecule has 1 heterocycles. The fourth-order valence-corrected chi connectivity index (χ4v) is 2.02. The molecule has 0 spiro atoms. The zero-order valence-corrected chi connectivity index (χ0v) is 11.9. The van der Waals surface area contributed by atoms with Crippen molar-refractivity contribution in [2.24, 2.45) is 5.73 Å². The van der Waals surface area contributed by atoms with Gasteiger partial charge in [-0.2, -0.15) is 0 Å². The molecule has 4 heteroatoms. The number of benzene rings is 1. The van der Waals surface area contributed by atoms with E-state index in [1.54, 1.807) is 6.20 Å². The first-order valence-electron chi connectivity index (χ1n) is 6.69. The maximum absolute atomic E-state index is 7.40. The molecule has 0 fully saturated rings. The summed E-state index contributed by atoms with van der Waals surface area (Å²) in [6.07, 6.45) is 1.65. The molecule has 4 nitrogen and oxygen atoms in total. The normalized spacial score (nSPS) is 10.6. The Morgan fingerprint density at radius 2 is 1.90 bits per heavy atom. The Balaban J connectivity index is 2.22. The van der Waals surface area contributed by atoms with Crippen LogP contribution in [0.1, 0.15) is 25.0 Å². The highest BCUT2D eigenvalue weighted by Gasteiger charge is 2.12. The number of anilines is 1. The second-order valence-electron chi connectivity index (χ2n) is 5.03. The van der Waals surface area contributed by atoms with Gasteiger partial charge in [0.1, 0.15) is 11.7 Å². The number of nitrogens with two attached hydrogens (primary N) is 1. The lowest BCUT2D eigenvalue weighted by molar-refractivity contribution is 0.672. The summed E-state index contributed by atoms with van der Waals surface area (Å²) in [5, 5.41) is 7.40. The van der Waals surface area contributed by atoms with Gasteiger partial charge in [0.2, 0.25) is 0 Å². The summed E-state index contributed by atoms with van der Waals surface area (Å²) in [5.74, 6) is 0.942. The summed E-state index contributed by atoms with van der Waals surface area (Å²) in [7, 11) is 0. The predicted octanol–water partition coefficient (Wildman–Crippen LogP) is 2.78. The third kappa shape index (κ3) is 3.35. The average Bonchev–Trinajstić information content (AvgIpc) is 2.45. The lowest BCUT2D eigenvalue weighted by Gasteiger charge is -2.28. The Bertz CT molecular complexity index is 561. The van der Waals surface area contributed by atoms with Gasteiger partial charge in [-0.1, -0.05) is 30.3 Å². The van der Waals surface area contributed by atoms with Crippen molar-refractivity contribution in [1.82, 2.24) is 4.98 Å². The molecular formula is C16H20N4. The van der Waals surface area contributed by atoms with Crippen LogP contribution in [0.5, 0.6) is 0 Å². The summed E-state index contributed by atoms with van der Waals surface area (Å²) in [4.78, 5) is 6.64. The van der Waals surface area contributed by atoms with Crippen LogP contribution in [0, 0.1) is 5.41 Å². The minimum Gasteiger partial charge on any atom is -0.384 e. The van der Waals surface area contributed by atoms with Gasteiger partial charge >= 0.3 is 0 Å². The molecule has 0 amide bonds. The van der Waals surface area contributed by atoms with Gasteiger partial charge in [-0.25, -0.2) is 4.98 Å². The van der Waals surface area contributed by atoms with Crippen LogP contribution < -0.4 is 10.6 Å². The lowest BCUT2D eigenvalue weighted by Crippen LogP contribution is -2.31. The van der Waals surface area contributed by atoms with Gasteiger partial charge in [0.15, 0.2) is 0 Å². The quantitative estimate of drug-likeness (QED) is 0.647. The molecule has 20 heavy (non-hydrogen) atoms. The molecule has 104 valence electrons. The SMILES string of the molecule is CC(C)N(Cc1ccccc1)c1ccc(C(=N)N)cn1. The highest BCUT2D eigenvalue weighted by Crippen LogP contribution is 2.18. The molecule has 0 aliphatic heterocycles. The number of nitrogen functional groups attached to an aromatic ring is 1. The third-order valence-corrected chi connectivity index (χ3v) is 3.17. The van der Waals surface area contributed by atoms with Gasteiger partial charge < -0.3 is 10.6 Å². The summed E-state index contributed by atoms with van der Waals surface area (Å²) in [6, 6.07) is 14.4. The van der Waals surface area contributed by atoms with E-state index in [1.165, 1.54) is 5.56 Å². The molecule has 1 aromatic carbocycles. The summed E-state index contributed by atoms with van der Waals surface area (Å²) in [6.45, 7) is 5.10. The van der Waals surface area contributed by atoms with Gasteiger partial charge in [-0.3, -0.25) is 5.41 Å². The van der Waals surface area contributed by atoms with Crippen LogP contribution in [0.15, 0.2) is 48.7 Å². The lowest BCUT2D eigenvalue weighted by atomic mass is 10.2. The highest BCUT2D eigenvalue weighted by molar-refractivity contribution is 5.94. The zero-order valence-electron chi connectivity index (χ0n) is 11.9. The Hall–Kier alpha value is -2.36. The number of rotatable bonds is 5. The standard InChI is InChI=1S/C16H20N4/c1-12(2)20(11-13-6-4-3-5-7-13)15-9-8-14(10-19-15)16(17)18/h3-10,12H,11H2,1-2H3,(H3,17,18). The Morgan fingerprint density at radius 3 is 2.40 bits per heavy atom. The number of pyridine rings is 1. The molecule has 0 unspecified atom stereocenters. The first-order chi connectivity index (χ1) is 9.58. The van der Waals surface area contributed by atoms with E-state index in [0.717, 1.165) is 12.4 Å². The number of nitrogens with zero attached hydrogens (tertiary/aromatic N) is 2. The average molecular weight is 268 g/mol. The van der Waals surface area contributed by atoms with Crippen LogP contribution in [0.3, 0.4) is 0 Å².